The summed E-state index contributed by atoms with van der Waals surface area (Å²) in [5.41, 5.74) is 0. The Bertz CT molecular complexity index is 277. The second-order valence-corrected chi connectivity index (χ2v) is 4.61. The van der Waals surface area contributed by atoms with E-state index in [9.17, 15) is 9.59 Å². The topological polar surface area (TPSA) is 87.7 Å². The predicted molar refractivity (Wildman–Crippen MR) is 66.3 cm³/mol. The van der Waals surface area contributed by atoms with Gasteiger partial charge in [-0.15, -0.1) is 0 Å². The lowest BCUT2D eigenvalue weighted by atomic mass is 10.0. The highest BCUT2D eigenvalue weighted by atomic mass is 16.5. The van der Waals surface area contributed by atoms with E-state index >= 15 is 0 Å². The van der Waals surface area contributed by atoms with Crippen molar-refractivity contribution >= 4 is 11.9 Å². The number of amides is 1. The first-order chi connectivity index (χ1) is 8.61. The fourth-order valence-corrected chi connectivity index (χ4v) is 1.91. The van der Waals surface area contributed by atoms with Crippen molar-refractivity contribution in [2.75, 3.05) is 26.3 Å². The molecule has 6 nitrogen and oxygen atoms in total. The first kappa shape index (κ1) is 14.9. The standard InChI is InChI=1S/C12H22N2O4/c1-2-9(5-12(16)17)7-14-11(15)6-10-8-18-4-3-13-10/h9-10,13H,2-8H2,1H3,(H,14,15)(H,16,17). The van der Waals surface area contributed by atoms with Gasteiger partial charge in [0.25, 0.3) is 0 Å². The molecule has 1 fully saturated rings. The molecule has 104 valence electrons. The zero-order valence-corrected chi connectivity index (χ0v) is 10.8. The SMILES string of the molecule is CCC(CNC(=O)CC1COCCN1)CC(=O)O. The summed E-state index contributed by atoms with van der Waals surface area (Å²) in [5, 5.41) is 14.7. The van der Waals surface area contributed by atoms with Crippen LogP contribution in [-0.2, 0) is 14.3 Å². The molecule has 0 aliphatic carbocycles. The Labute approximate surface area is 107 Å². The van der Waals surface area contributed by atoms with Crippen molar-refractivity contribution in [2.24, 2.45) is 5.92 Å². The van der Waals surface area contributed by atoms with Crippen molar-refractivity contribution in [3.63, 3.8) is 0 Å². The van der Waals surface area contributed by atoms with Gasteiger partial charge in [0, 0.05) is 32.0 Å². The minimum absolute atomic E-state index is 0.00187. The number of hydrogen-bond donors (Lipinski definition) is 3. The number of carboxylic acids is 1. The Morgan fingerprint density at radius 3 is 2.89 bits per heavy atom. The van der Waals surface area contributed by atoms with Crippen LogP contribution in [0.4, 0.5) is 0 Å². The summed E-state index contributed by atoms with van der Waals surface area (Å²) >= 11 is 0. The first-order valence-corrected chi connectivity index (χ1v) is 6.41. The number of carboxylic acid groups (broad SMARTS) is 1. The zero-order valence-electron chi connectivity index (χ0n) is 10.8. The van der Waals surface area contributed by atoms with Crippen LogP contribution in [0.25, 0.3) is 0 Å². The molecule has 1 aliphatic rings. The molecule has 0 radical (unpaired) electrons. The largest absolute Gasteiger partial charge is 0.481 e. The predicted octanol–water partition coefficient (Wildman–Crippen LogP) is -0.0180. The van der Waals surface area contributed by atoms with Gasteiger partial charge in [-0.05, 0) is 5.92 Å². The van der Waals surface area contributed by atoms with Crippen LogP contribution in [0.2, 0.25) is 0 Å². The number of nitrogens with one attached hydrogen (secondary N) is 2. The summed E-state index contributed by atoms with van der Waals surface area (Å²) < 4.78 is 5.26. The van der Waals surface area contributed by atoms with Gasteiger partial charge in [0.15, 0.2) is 0 Å². The van der Waals surface area contributed by atoms with Crippen LogP contribution >= 0.6 is 0 Å². The molecule has 1 amide bonds. The molecule has 0 aromatic carbocycles. The summed E-state index contributed by atoms with van der Waals surface area (Å²) in [6.45, 7) is 4.37. The molecule has 2 unspecified atom stereocenters. The lowest BCUT2D eigenvalue weighted by Crippen LogP contribution is -2.44. The van der Waals surface area contributed by atoms with Gasteiger partial charge in [-0.25, -0.2) is 0 Å². The van der Waals surface area contributed by atoms with Crippen LogP contribution in [0, 0.1) is 5.92 Å². The summed E-state index contributed by atoms with van der Waals surface area (Å²) in [5.74, 6) is -0.873. The van der Waals surface area contributed by atoms with E-state index in [4.69, 9.17) is 9.84 Å². The van der Waals surface area contributed by atoms with E-state index in [1.165, 1.54) is 0 Å². The third-order valence-electron chi connectivity index (χ3n) is 3.06. The van der Waals surface area contributed by atoms with Gasteiger partial charge in [-0.1, -0.05) is 13.3 Å². The average molecular weight is 258 g/mol. The van der Waals surface area contributed by atoms with E-state index < -0.39 is 5.97 Å². The van der Waals surface area contributed by atoms with Gasteiger partial charge in [-0.2, -0.15) is 0 Å². The number of ether oxygens (including phenoxy) is 1. The van der Waals surface area contributed by atoms with Crippen molar-refractivity contribution < 1.29 is 19.4 Å². The number of aliphatic carboxylic acids is 1. The van der Waals surface area contributed by atoms with Crippen molar-refractivity contribution in [3.8, 4) is 0 Å². The minimum Gasteiger partial charge on any atom is -0.481 e. The number of rotatable bonds is 7. The van der Waals surface area contributed by atoms with E-state index in [0.717, 1.165) is 13.0 Å². The van der Waals surface area contributed by atoms with Crippen LogP contribution in [-0.4, -0.2) is 49.3 Å². The Morgan fingerprint density at radius 2 is 2.33 bits per heavy atom. The smallest absolute Gasteiger partial charge is 0.303 e. The molecule has 1 rings (SSSR count). The van der Waals surface area contributed by atoms with Crippen molar-refractivity contribution in [3.05, 3.63) is 0 Å². The molecule has 0 saturated carbocycles. The lowest BCUT2D eigenvalue weighted by Gasteiger charge is -2.23. The highest BCUT2D eigenvalue weighted by Crippen LogP contribution is 2.07. The monoisotopic (exact) mass is 258 g/mol. The zero-order chi connectivity index (χ0) is 13.4. The maximum absolute atomic E-state index is 11.7. The highest BCUT2D eigenvalue weighted by Gasteiger charge is 2.18. The molecule has 0 bridgehead atoms. The molecule has 0 aromatic heterocycles. The molecular weight excluding hydrogens is 236 g/mol. The minimum atomic E-state index is -0.821. The van der Waals surface area contributed by atoms with Gasteiger partial charge >= 0.3 is 5.97 Å². The fourth-order valence-electron chi connectivity index (χ4n) is 1.91. The number of carbonyl (C=O) groups is 2. The molecule has 6 heteroatoms. The van der Waals surface area contributed by atoms with E-state index in [1.807, 2.05) is 6.92 Å². The Balaban J connectivity index is 2.20. The Kier molecular flexibility index (Phi) is 6.67. The van der Waals surface area contributed by atoms with Gasteiger partial charge in [-0.3, -0.25) is 9.59 Å². The average Bonchev–Trinajstić information content (AvgIpc) is 2.35. The van der Waals surface area contributed by atoms with Crippen molar-refractivity contribution in [2.45, 2.75) is 32.2 Å². The molecule has 1 heterocycles. The second kappa shape index (κ2) is 8.05. The molecule has 0 spiro atoms. The Hall–Kier alpha value is -1.14. The maximum Gasteiger partial charge on any atom is 0.303 e. The summed E-state index contributed by atoms with van der Waals surface area (Å²) in [6.07, 6.45) is 1.22. The van der Waals surface area contributed by atoms with E-state index in [-0.39, 0.29) is 24.3 Å². The van der Waals surface area contributed by atoms with Gasteiger partial charge in [0.2, 0.25) is 5.91 Å². The molecule has 1 saturated heterocycles. The van der Waals surface area contributed by atoms with Crippen LogP contribution in [0.3, 0.4) is 0 Å². The Morgan fingerprint density at radius 1 is 1.56 bits per heavy atom. The van der Waals surface area contributed by atoms with Crippen molar-refractivity contribution in [1.82, 2.24) is 10.6 Å². The van der Waals surface area contributed by atoms with Gasteiger partial charge < -0.3 is 20.5 Å². The molecule has 0 aromatic rings. The molecule has 2 atom stereocenters. The number of carbonyl (C=O) groups excluding carboxylic acids is 1. The highest BCUT2D eigenvalue weighted by molar-refractivity contribution is 5.76. The number of hydrogen-bond acceptors (Lipinski definition) is 4. The van der Waals surface area contributed by atoms with E-state index in [0.29, 0.717) is 26.2 Å². The fraction of sp³-hybridized carbons (Fsp3) is 0.833. The third-order valence-corrected chi connectivity index (χ3v) is 3.06. The van der Waals surface area contributed by atoms with Gasteiger partial charge in [0.05, 0.1) is 13.2 Å². The van der Waals surface area contributed by atoms with Gasteiger partial charge in [0.1, 0.15) is 0 Å². The maximum atomic E-state index is 11.7. The van der Waals surface area contributed by atoms with Crippen LogP contribution in [0.15, 0.2) is 0 Å². The molecule has 18 heavy (non-hydrogen) atoms. The van der Waals surface area contributed by atoms with Crippen LogP contribution in [0.1, 0.15) is 26.2 Å². The normalized spacial score (nSPS) is 21.3. The van der Waals surface area contributed by atoms with E-state index in [1.54, 1.807) is 0 Å². The van der Waals surface area contributed by atoms with E-state index in [2.05, 4.69) is 10.6 Å². The molecule has 1 aliphatic heterocycles. The van der Waals surface area contributed by atoms with Crippen LogP contribution < -0.4 is 10.6 Å². The second-order valence-electron chi connectivity index (χ2n) is 4.61. The molecule has 3 N–H and O–H groups in total. The number of morpholine rings is 1. The lowest BCUT2D eigenvalue weighted by molar-refractivity contribution is -0.138. The van der Waals surface area contributed by atoms with Crippen LogP contribution in [0.5, 0.6) is 0 Å². The summed E-state index contributed by atoms with van der Waals surface area (Å²) in [6, 6.07) is 0.0679. The summed E-state index contributed by atoms with van der Waals surface area (Å²) in [4.78, 5) is 22.3. The summed E-state index contributed by atoms with van der Waals surface area (Å²) in [7, 11) is 0. The third kappa shape index (κ3) is 5.97. The first-order valence-electron chi connectivity index (χ1n) is 6.41. The quantitative estimate of drug-likeness (QED) is 0.597. The van der Waals surface area contributed by atoms with Crippen molar-refractivity contribution in [1.29, 1.82) is 0 Å². The molecular formula is C12H22N2O4.